The first-order valence-electron chi connectivity index (χ1n) is 22.9. The van der Waals surface area contributed by atoms with Gasteiger partial charge in [-0.3, -0.25) is 4.98 Å². The van der Waals surface area contributed by atoms with Gasteiger partial charge in [0.15, 0.2) is 0 Å². The zero-order valence-electron chi connectivity index (χ0n) is 36.6. The normalized spacial score (nSPS) is 13.4. The maximum atomic E-state index is 5.25. The molecule has 0 fully saturated rings. The van der Waals surface area contributed by atoms with E-state index in [2.05, 4.69) is 240 Å². The summed E-state index contributed by atoms with van der Waals surface area (Å²) in [6.45, 7) is 4.75. The Morgan fingerprint density at radius 1 is 0.348 bits per heavy atom. The summed E-state index contributed by atoms with van der Waals surface area (Å²) in [6.07, 6.45) is 1.95. The van der Waals surface area contributed by atoms with E-state index in [0.29, 0.717) is 0 Å². The molecule has 4 heterocycles. The van der Waals surface area contributed by atoms with E-state index in [1.807, 2.05) is 6.20 Å². The third-order valence-electron chi connectivity index (χ3n) is 14.5. The minimum Gasteiger partial charge on any atom is -0.310 e. The average Bonchev–Trinajstić information content (AvgIpc) is 3.88. The molecule has 1 aliphatic heterocycles. The lowest BCUT2D eigenvalue weighted by Gasteiger charge is -2.43. The van der Waals surface area contributed by atoms with Gasteiger partial charge in [-0.05, 0) is 112 Å². The largest absolute Gasteiger partial charge is 0.310 e. The maximum Gasteiger partial charge on any atom is 0.0786 e. The lowest BCUT2D eigenvalue weighted by molar-refractivity contribution is 0.632. The quantitative estimate of drug-likeness (QED) is 0.177. The number of fused-ring (bicyclic) bond motifs is 16. The van der Waals surface area contributed by atoms with Crippen molar-refractivity contribution in [2.24, 2.45) is 0 Å². The molecule has 12 aromatic rings. The number of aromatic nitrogens is 3. The predicted molar refractivity (Wildman–Crippen MR) is 275 cm³/mol. The molecule has 0 unspecified atom stereocenters. The van der Waals surface area contributed by atoms with Gasteiger partial charge in [0.25, 0.3) is 0 Å². The van der Waals surface area contributed by atoms with Crippen LogP contribution in [-0.4, -0.2) is 14.1 Å². The van der Waals surface area contributed by atoms with E-state index in [0.717, 1.165) is 45.0 Å². The highest BCUT2D eigenvalue weighted by Gasteiger charge is 2.39. The predicted octanol–water partition coefficient (Wildman–Crippen LogP) is 16.4. The van der Waals surface area contributed by atoms with Crippen LogP contribution in [0.4, 0.5) is 17.1 Å². The number of hydrogen-bond acceptors (Lipinski definition) is 2. The zero-order chi connectivity index (χ0) is 43.7. The van der Waals surface area contributed by atoms with Gasteiger partial charge in [0.2, 0.25) is 0 Å². The van der Waals surface area contributed by atoms with E-state index in [1.165, 1.54) is 82.9 Å². The molecule has 0 amide bonds. The summed E-state index contributed by atoms with van der Waals surface area (Å²) in [5.74, 6) is 0. The molecule has 3 aromatic heterocycles. The van der Waals surface area contributed by atoms with Gasteiger partial charge in [-0.1, -0.05) is 147 Å². The molecule has 4 heteroatoms. The molecule has 4 nitrogen and oxygen atoms in total. The van der Waals surface area contributed by atoms with Crippen LogP contribution in [-0.2, 0) is 5.41 Å². The van der Waals surface area contributed by atoms with Crippen molar-refractivity contribution in [1.29, 1.82) is 0 Å². The molecule has 0 saturated carbocycles. The molecule has 0 bridgehead atoms. The summed E-state index contributed by atoms with van der Waals surface area (Å²) in [7, 11) is 0. The molecule has 9 aromatic carbocycles. The second-order valence-corrected chi connectivity index (χ2v) is 18.3. The Morgan fingerprint density at radius 3 is 1.71 bits per heavy atom. The van der Waals surface area contributed by atoms with Crippen LogP contribution in [0.15, 0.2) is 219 Å². The van der Waals surface area contributed by atoms with Gasteiger partial charge in [0, 0.05) is 61.2 Å². The first-order valence-corrected chi connectivity index (χ1v) is 22.9. The molecule has 14 rings (SSSR count). The van der Waals surface area contributed by atoms with Gasteiger partial charge >= 0.3 is 0 Å². The fraction of sp³-hybridized carbons (Fsp3) is 0.0484. The Balaban J connectivity index is 1.08. The van der Waals surface area contributed by atoms with Crippen molar-refractivity contribution in [3.8, 4) is 56.0 Å². The van der Waals surface area contributed by atoms with Crippen molar-refractivity contribution in [1.82, 2.24) is 14.1 Å². The topological polar surface area (TPSA) is 26.0 Å². The van der Waals surface area contributed by atoms with Crippen LogP contribution in [0.3, 0.4) is 0 Å². The number of para-hydroxylation sites is 5. The fourth-order valence-electron chi connectivity index (χ4n) is 11.6. The second-order valence-electron chi connectivity index (χ2n) is 18.3. The Bertz CT molecular complexity index is 3930. The summed E-state index contributed by atoms with van der Waals surface area (Å²) < 4.78 is 4.93. The molecule has 0 saturated heterocycles. The van der Waals surface area contributed by atoms with E-state index >= 15 is 0 Å². The maximum absolute atomic E-state index is 5.25. The fourth-order valence-corrected chi connectivity index (χ4v) is 11.6. The number of anilines is 3. The molecular formula is C62H42N4. The number of hydrogen-bond donors (Lipinski definition) is 0. The van der Waals surface area contributed by atoms with Crippen molar-refractivity contribution >= 4 is 60.7 Å². The van der Waals surface area contributed by atoms with Crippen LogP contribution < -0.4 is 4.90 Å². The smallest absolute Gasteiger partial charge is 0.0786 e. The molecule has 0 atom stereocenters. The van der Waals surface area contributed by atoms with Crippen molar-refractivity contribution in [2.75, 3.05) is 4.90 Å². The van der Waals surface area contributed by atoms with Crippen molar-refractivity contribution in [3.05, 3.63) is 230 Å². The lowest BCUT2D eigenvalue weighted by atomic mass is 9.71. The summed E-state index contributed by atoms with van der Waals surface area (Å²) >= 11 is 0. The highest BCUT2D eigenvalue weighted by Crippen LogP contribution is 2.57. The first kappa shape index (κ1) is 37.0. The number of rotatable bonds is 3. The minimum absolute atomic E-state index is 0.285. The standard InChI is InChI=1S/C62H42N4/c1-62(2)51-27-11-15-31-57(51)64(39-18-4-3-5-19-39)59-38-48-46-25-16-32-58(60(46)45-24-7-6-20-41(45)47-26-17-35-63-61(47)50(48)37-52(59)62)66-55-30-14-10-23-44(55)49-36-40(33-34-56(49)66)65-53-28-12-8-21-42(53)43-22-9-13-29-54(43)65/h3-38H,1-2H3. The Morgan fingerprint density at radius 2 is 0.939 bits per heavy atom. The molecular weight excluding hydrogens is 801 g/mol. The molecule has 2 aliphatic rings. The van der Waals surface area contributed by atoms with Crippen LogP contribution >= 0.6 is 0 Å². The van der Waals surface area contributed by atoms with E-state index < -0.39 is 0 Å². The first-order chi connectivity index (χ1) is 32.5. The van der Waals surface area contributed by atoms with Gasteiger partial charge in [0.1, 0.15) is 0 Å². The van der Waals surface area contributed by atoms with Gasteiger partial charge in [-0.2, -0.15) is 0 Å². The highest BCUT2D eigenvalue weighted by molar-refractivity contribution is 6.14. The average molecular weight is 843 g/mol. The van der Waals surface area contributed by atoms with Crippen LogP contribution in [0.25, 0.3) is 99.6 Å². The van der Waals surface area contributed by atoms with E-state index in [-0.39, 0.29) is 5.41 Å². The van der Waals surface area contributed by atoms with Gasteiger partial charge in [0.05, 0.1) is 44.8 Å². The highest BCUT2D eigenvalue weighted by atomic mass is 15.2. The van der Waals surface area contributed by atoms with Gasteiger partial charge in [-0.15, -0.1) is 0 Å². The molecule has 0 spiro atoms. The van der Waals surface area contributed by atoms with E-state index in [4.69, 9.17) is 4.98 Å². The van der Waals surface area contributed by atoms with Crippen LogP contribution in [0.2, 0.25) is 0 Å². The Labute approximate surface area is 382 Å². The number of pyridine rings is 1. The third kappa shape index (κ3) is 5.07. The molecule has 0 radical (unpaired) electrons. The molecule has 1 aliphatic carbocycles. The summed E-state index contributed by atoms with van der Waals surface area (Å²) in [6, 6.07) is 78.3. The minimum atomic E-state index is -0.285. The summed E-state index contributed by atoms with van der Waals surface area (Å²) in [5.41, 5.74) is 22.0. The summed E-state index contributed by atoms with van der Waals surface area (Å²) in [4.78, 5) is 7.72. The van der Waals surface area contributed by atoms with Crippen molar-refractivity contribution < 1.29 is 0 Å². The van der Waals surface area contributed by atoms with Crippen molar-refractivity contribution in [2.45, 2.75) is 19.3 Å². The number of nitrogens with zero attached hydrogens (tertiary/aromatic N) is 4. The Hall–Kier alpha value is -8.47. The van der Waals surface area contributed by atoms with E-state index in [9.17, 15) is 0 Å². The number of benzene rings is 9. The molecule has 66 heavy (non-hydrogen) atoms. The van der Waals surface area contributed by atoms with Crippen LogP contribution in [0.1, 0.15) is 25.0 Å². The van der Waals surface area contributed by atoms with Crippen LogP contribution in [0, 0.1) is 0 Å². The monoisotopic (exact) mass is 842 g/mol. The van der Waals surface area contributed by atoms with Gasteiger partial charge < -0.3 is 14.0 Å². The molecule has 0 N–H and O–H groups in total. The Kier molecular flexibility index (Phi) is 7.71. The van der Waals surface area contributed by atoms with Gasteiger partial charge in [-0.25, -0.2) is 0 Å². The van der Waals surface area contributed by atoms with Crippen LogP contribution in [0.5, 0.6) is 0 Å². The SMILES string of the molecule is CC1(C)c2ccccc2N(c2ccccc2)c2cc3c(cc21)-c1ncccc1-c1ccccc1-c1c-3cccc1-n1c2ccccc2c2cc(-n3c4ccccc4c4ccccc43)ccc21. The molecule has 310 valence electrons. The van der Waals surface area contributed by atoms with Crippen molar-refractivity contribution in [3.63, 3.8) is 0 Å². The van der Waals surface area contributed by atoms with E-state index in [1.54, 1.807) is 0 Å². The zero-order valence-corrected chi connectivity index (χ0v) is 36.6. The lowest BCUT2D eigenvalue weighted by Crippen LogP contribution is -2.30. The summed E-state index contributed by atoms with van der Waals surface area (Å²) in [5, 5.41) is 4.95. The second kappa shape index (κ2) is 13.8. The third-order valence-corrected chi connectivity index (χ3v) is 14.5.